The summed E-state index contributed by atoms with van der Waals surface area (Å²) in [6.07, 6.45) is 8.44. The van der Waals surface area contributed by atoms with E-state index >= 15 is 0 Å². The monoisotopic (exact) mass is 395 g/mol. The molecule has 2 heterocycles. The largest absolute Gasteiger partial charge is 0.330 e. The van der Waals surface area contributed by atoms with Crippen LogP contribution in [0.3, 0.4) is 0 Å². The molecule has 2 fully saturated rings. The van der Waals surface area contributed by atoms with Crippen molar-refractivity contribution in [3.63, 3.8) is 0 Å². The van der Waals surface area contributed by atoms with Crippen LogP contribution in [0.4, 0.5) is 5.13 Å². The van der Waals surface area contributed by atoms with Crippen molar-refractivity contribution in [1.29, 1.82) is 0 Å². The predicted molar refractivity (Wildman–Crippen MR) is 110 cm³/mol. The molecule has 1 unspecified atom stereocenters. The first-order valence-electron chi connectivity index (χ1n) is 10.4. The van der Waals surface area contributed by atoms with Crippen molar-refractivity contribution in [2.75, 3.05) is 11.9 Å². The zero-order valence-corrected chi connectivity index (χ0v) is 16.8. The molecule has 28 heavy (non-hydrogen) atoms. The van der Waals surface area contributed by atoms with Crippen LogP contribution >= 0.6 is 11.3 Å². The maximum Gasteiger partial charge on any atom is 0.248 e. The first kappa shape index (κ1) is 17.9. The van der Waals surface area contributed by atoms with Crippen molar-refractivity contribution in [3.05, 3.63) is 34.7 Å². The molecule has 2 aromatic rings. The fraction of sp³-hybridized carbons (Fsp3) is 0.500. The van der Waals surface area contributed by atoms with E-state index in [1.807, 2.05) is 5.38 Å². The van der Waals surface area contributed by atoms with Gasteiger partial charge in [-0.15, -0.1) is 11.3 Å². The normalized spacial score (nSPS) is 21.4. The topological polar surface area (TPSA) is 62.3 Å². The van der Waals surface area contributed by atoms with Gasteiger partial charge in [0.15, 0.2) is 5.13 Å². The maximum absolute atomic E-state index is 12.8. The number of carbonyl (C=O) groups is 2. The first-order chi connectivity index (χ1) is 13.7. The van der Waals surface area contributed by atoms with Crippen molar-refractivity contribution < 1.29 is 9.59 Å². The number of aryl methyl sites for hydroxylation is 2. The SMILES string of the molecule is O=C(Nc1nc(-c2ccc3c(c2)CCCC3)cs1)C1CCCN1C(=O)C1CC1. The molecular formula is C22H25N3O2S. The Kier molecular flexibility index (Phi) is 4.67. The van der Waals surface area contributed by atoms with E-state index in [1.54, 1.807) is 4.90 Å². The van der Waals surface area contributed by atoms with E-state index < -0.39 is 0 Å². The number of benzene rings is 1. The zero-order chi connectivity index (χ0) is 19.1. The van der Waals surface area contributed by atoms with Crippen LogP contribution in [0.1, 0.15) is 49.7 Å². The average Bonchev–Trinajstić information content (AvgIpc) is 3.26. The van der Waals surface area contributed by atoms with Gasteiger partial charge in [-0.2, -0.15) is 0 Å². The number of hydrogen-bond donors (Lipinski definition) is 1. The molecule has 2 amide bonds. The van der Waals surface area contributed by atoms with Crippen LogP contribution in [0.25, 0.3) is 11.3 Å². The molecule has 1 aliphatic heterocycles. The highest BCUT2D eigenvalue weighted by Crippen LogP contribution is 2.34. The van der Waals surface area contributed by atoms with Gasteiger partial charge in [-0.3, -0.25) is 9.59 Å². The lowest BCUT2D eigenvalue weighted by molar-refractivity contribution is -0.137. The molecule has 1 N–H and O–H groups in total. The summed E-state index contributed by atoms with van der Waals surface area (Å²) in [6, 6.07) is 6.27. The van der Waals surface area contributed by atoms with Crippen LogP contribution in [0.15, 0.2) is 23.6 Å². The van der Waals surface area contributed by atoms with Gasteiger partial charge < -0.3 is 10.2 Å². The molecule has 6 heteroatoms. The zero-order valence-electron chi connectivity index (χ0n) is 15.9. The van der Waals surface area contributed by atoms with Crippen molar-refractivity contribution in [1.82, 2.24) is 9.88 Å². The molecule has 146 valence electrons. The molecule has 1 aromatic carbocycles. The first-order valence-corrected chi connectivity index (χ1v) is 11.3. The van der Waals surface area contributed by atoms with Crippen molar-refractivity contribution in [2.24, 2.45) is 5.92 Å². The van der Waals surface area contributed by atoms with Gasteiger partial charge in [0.05, 0.1) is 5.69 Å². The summed E-state index contributed by atoms with van der Waals surface area (Å²) in [4.78, 5) is 31.6. The molecule has 1 saturated heterocycles. The van der Waals surface area contributed by atoms with E-state index in [9.17, 15) is 9.59 Å². The van der Waals surface area contributed by atoms with Crippen LogP contribution < -0.4 is 5.32 Å². The Hall–Kier alpha value is -2.21. The minimum atomic E-state index is -0.343. The predicted octanol–water partition coefficient (Wildman–Crippen LogP) is 4.03. The molecule has 0 bridgehead atoms. The second-order valence-corrected chi connectivity index (χ2v) is 9.04. The highest BCUT2D eigenvalue weighted by molar-refractivity contribution is 7.14. The van der Waals surface area contributed by atoms with Crippen molar-refractivity contribution in [3.8, 4) is 11.3 Å². The van der Waals surface area contributed by atoms with E-state index in [1.165, 1.54) is 41.7 Å². The lowest BCUT2D eigenvalue weighted by atomic mass is 9.90. The third-order valence-corrected chi connectivity index (χ3v) is 6.90. The van der Waals surface area contributed by atoms with Gasteiger partial charge >= 0.3 is 0 Å². The molecule has 0 spiro atoms. The number of fused-ring (bicyclic) bond motifs is 1. The van der Waals surface area contributed by atoms with Gasteiger partial charge in [0.1, 0.15) is 6.04 Å². The van der Waals surface area contributed by atoms with E-state index in [4.69, 9.17) is 0 Å². The Bertz CT molecular complexity index is 918. The molecule has 3 aliphatic rings. The summed E-state index contributed by atoms with van der Waals surface area (Å²) in [6.45, 7) is 0.700. The van der Waals surface area contributed by atoms with Crippen LogP contribution in [-0.4, -0.2) is 34.3 Å². The molecule has 5 nitrogen and oxygen atoms in total. The van der Waals surface area contributed by atoms with Crippen LogP contribution in [-0.2, 0) is 22.4 Å². The number of nitrogens with one attached hydrogen (secondary N) is 1. The number of hydrogen-bond acceptors (Lipinski definition) is 4. The lowest BCUT2D eigenvalue weighted by Crippen LogP contribution is -2.43. The van der Waals surface area contributed by atoms with Gasteiger partial charge in [0.2, 0.25) is 11.8 Å². The highest BCUT2D eigenvalue weighted by atomic mass is 32.1. The van der Waals surface area contributed by atoms with E-state index in [0.29, 0.717) is 11.7 Å². The second kappa shape index (κ2) is 7.32. The Balaban J connectivity index is 1.28. The number of likely N-dealkylation sites (tertiary alicyclic amines) is 1. The molecule has 1 saturated carbocycles. The minimum absolute atomic E-state index is 0.0992. The number of nitrogens with zero attached hydrogens (tertiary/aromatic N) is 2. The third kappa shape index (κ3) is 3.46. The summed E-state index contributed by atoms with van der Waals surface area (Å²) in [5.74, 6) is 0.216. The van der Waals surface area contributed by atoms with E-state index in [0.717, 1.165) is 43.4 Å². The summed E-state index contributed by atoms with van der Waals surface area (Å²) < 4.78 is 0. The number of anilines is 1. The van der Waals surface area contributed by atoms with Crippen LogP contribution in [0, 0.1) is 5.92 Å². The van der Waals surface area contributed by atoms with Crippen molar-refractivity contribution in [2.45, 2.75) is 57.4 Å². The maximum atomic E-state index is 12.8. The van der Waals surface area contributed by atoms with Gasteiger partial charge in [-0.05, 0) is 68.6 Å². The molecule has 0 radical (unpaired) electrons. The van der Waals surface area contributed by atoms with Gasteiger partial charge in [0, 0.05) is 23.4 Å². The van der Waals surface area contributed by atoms with E-state index in [2.05, 4.69) is 28.5 Å². The molecule has 1 aromatic heterocycles. The van der Waals surface area contributed by atoms with Gasteiger partial charge in [-0.25, -0.2) is 4.98 Å². The average molecular weight is 396 g/mol. The quantitative estimate of drug-likeness (QED) is 0.850. The molecular weight excluding hydrogens is 370 g/mol. The number of carbonyl (C=O) groups excluding carboxylic acids is 2. The fourth-order valence-corrected chi connectivity index (χ4v) is 5.14. The lowest BCUT2D eigenvalue weighted by Gasteiger charge is -2.23. The second-order valence-electron chi connectivity index (χ2n) is 8.18. The Morgan fingerprint density at radius 3 is 2.71 bits per heavy atom. The minimum Gasteiger partial charge on any atom is -0.330 e. The number of thiazole rings is 1. The summed E-state index contributed by atoms with van der Waals surface area (Å²) in [5, 5.41) is 5.57. The Morgan fingerprint density at radius 1 is 1.07 bits per heavy atom. The van der Waals surface area contributed by atoms with E-state index in [-0.39, 0.29) is 23.8 Å². The number of aromatic nitrogens is 1. The highest BCUT2D eigenvalue weighted by Gasteiger charge is 2.41. The Morgan fingerprint density at radius 2 is 1.89 bits per heavy atom. The van der Waals surface area contributed by atoms with Crippen molar-refractivity contribution >= 4 is 28.3 Å². The number of rotatable bonds is 4. The molecule has 5 rings (SSSR count). The third-order valence-electron chi connectivity index (χ3n) is 6.14. The summed E-state index contributed by atoms with van der Waals surface area (Å²) in [5.41, 5.74) is 4.91. The molecule has 1 atom stereocenters. The van der Waals surface area contributed by atoms with Gasteiger partial charge in [0.25, 0.3) is 0 Å². The molecule has 2 aliphatic carbocycles. The smallest absolute Gasteiger partial charge is 0.248 e. The standard InChI is InChI=1S/C22H25N3O2S/c26-20(19-6-3-11-25(19)21(27)15-8-9-15)24-22-23-18(13-28-22)17-10-7-14-4-1-2-5-16(14)12-17/h7,10,12-13,15,19H,1-6,8-9,11H2,(H,23,24,26). The summed E-state index contributed by atoms with van der Waals surface area (Å²) in [7, 11) is 0. The Labute approximate surface area is 169 Å². The summed E-state index contributed by atoms with van der Waals surface area (Å²) >= 11 is 1.45. The van der Waals surface area contributed by atoms with Crippen LogP contribution in [0.2, 0.25) is 0 Å². The fourth-order valence-electron chi connectivity index (χ4n) is 4.41. The number of amides is 2. The van der Waals surface area contributed by atoms with Crippen LogP contribution in [0.5, 0.6) is 0 Å². The van der Waals surface area contributed by atoms with Gasteiger partial charge in [-0.1, -0.05) is 12.1 Å².